The minimum atomic E-state index is -4.48. The number of hydrogen-bond acceptors (Lipinski definition) is 3. The van der Waals surface area contributed by atoms with Crippen LogP contribution in [-0.4, -0.2) is 19.1 Å². The summed E-state index contributed by atoms with van der Waals surface area (Å²) in [5.74, 6) is 0.307. The minimum absolute atomic E-state index is 0.0511. The van der Waals surface area contributed by atoms with Gasteiger partial charge in [-0.15, -0.1) is 0 Å². The molecule has 8 heteroatoms. The van der Waals surface area contributed by atoms with E-state index in [1.54, 1.807) is 6.92 Å². The maximum absolute atomic E-state index is 12.8. The fraction of sp³-hybridized carbons (Fsp3) is 0.316. The molecule has 2 aromatic carbocycles. The summed E-state index contributed by atoms with van der Waals surface area (Å²) in [7, 11) is 0. The summed E-state index contributed by atoms with van der Waals surface area (Å²) < 4.78 is 50.2. The van der Waals surface area contributed by atoms with Crippen molar-refractivity contribution in [2.45, 2.75) is 26.4 Å². The van der Waals surface area contributed by atoms with E-state index in [1.165, 1.54) is 24.3 Å². The van der Waals surface area contributed by atoms with Gasteiger partial charge >= 0.3 is 6.18 Å². The second-order valence-electron chi connectivity index (χ2n) is 5.60. The van der Waals surface area contributed by atoms with Crippen molar-refractivity contribution in [1.29, 1.82) is 0 Å². The van der Waals surface area contributed by atoms with Gasteiger partial charge in [0.1, 0.15) is 0 Å². The zero-order valence-electron chi connectivity index (χ0n) is 14.8. The Bertz CT molecular complexity index is 809. The summed E-state index contributed by atoms with van der Waals surface area (Å²) >= 11 is 3.36. The highest BCUT2D eigenvalue weighted by atomic mass is 79.9. The van der Waals surface area contributed by atoms with Crippen molar-refractivity contribution in [1.82, 2.24) is 0 Å². The third-order valence-electron chi connectivity index (χ3n) is 3.47. The zero-order valence-corrected chi connectivity index (χ0v) is 16.4. The number of rotatable bonds is 7. The number of alkyl halides is 3. The van der Waals surface area contributed by atoms with Crippen molar-refractivity contribution in [2.24, 2.45) is 0 Å². The summed E-state index contributed by atoms with van der Waals surface area (Å²) in [5, 5.41) is 2.47. The van der Waals surface area contributed by atoms with Crippen LogP contribution in [0.5, 0.6) is 11.5 Å². The Kier molecular flexibility index (Phi) is 7.12. The lowest BCUT2D eigenvalue weighted by Crippen LogP contribution is -2.14. The number of hydrogen-bond donors (Lipinski definition) is 1. The van der Waals surface area contributed by atoms with Gasteiger partial charge < -0.3 is 14.8 Å². The van der Waals surface area contributed by atoms with Gasteiger partial charge in [-0.05, 0) is 59.6 Å². The standard InChI is InChI=1S/C19H19BrF3NO3/c1-3-8-27-17-15(20)9-12(10-16(17)26-4-2)18(25)24-14-7-5-6-13(11-14)19(21,22)23/h5-7,9-11H,3-4,8H2,1-2H3,(H,24,25). The van der Waals surface area contributed by atoms with Gasteiger partial charge in [-0.2, -0.15) is 13.2 Å². The second kappa shape index (κ2) is 9.12. The van der Waals surface area contributed by atoms with Crippen molar-refractivity contribution in [2.75, 3.05) is 18.5 Å². The molecule has 1 amide bonds. The molecule has 0 fully saturated rings. The summed E-state index contributed by atoms with van der Waals surface area (Å²) in [6, 6.07) is 7.50. The number of nitrogens with one attached hydrogen (secondary N) is 1. The fourth-order valence-corrected chi connectivity index (χ4v) is 2.84. The van der Waals surface area contributed by atoms with E-state index >= 15 is 0 Å². The van der Waals surface area contributed by atoms with E-state index in [0.717, 1.165) is 18.6 Å². The topological polar surface area (TPSA) is 47.6 Å². The molecule has 27 heavy (non-hydrogen) atoms. The van der Waals surface area contributed by atoms with E-state index in [1.807, 2.05) is 6.92 Å². The van der Waals surface area contributed by atoms with E-state index in [9.17, 15) is 18.0 Å². The monoisotopic (exact) mass is 445 g/mol. The van der Waals surface area contributed by atoms with Gasteiger partial charge in [0.15, 0.2) is 11.5 Å². The smallest absolute Gasteiger partial charge is 0.416 e. The fourth-order valence-electron chi connectivity index (χ4n) is 2.28. The maximum Gasteiger partial charge on any atom is 0.416 e. The molecule has 2 aromatic rings. The number of amides is 1. The van der Waals surface area contributed by atoms with Gasteiger partial charge in [-0.3, -0.25) is 4.79 Å². The van der Waals surface area contributed by atoms with Crippen LogP contribution in [-0.2, 0) is 6.18 Å². The Hall–Kier alpha value is -2.22. The Morgan fingerprint density at radius 2 is 1.89 bits per heavy atom. The molecule has 0 unspecified atom stereocenters. The van der Waals surface area contributed by atoms with E-state index < -0.39 is 17.6 Å². The first-order valence-corrected chi connectivity index (χ1v) is 9.13. The summed E-state index contributed by atoms with van der Waals surface area (Å²) in [6.07, 6.45) is -3.68. The average molecular weight is 446 g/mol. The van der Waals surface area contributed by atoms with Crippen LogP contribution < -0.4 is 14.8 Å². The van der Waals surface area contributed by atoms with Crippen molar-refractivity contribution in [3.8, 4) is 11.5 Å². The Morgan fingerprint density at radius 3 is 2.52 bits per heavy atom. The molecule has 0 atom stereocenters. The molecule has 2 rings (SSSR count). The third-order valence-corrected chi connectivity index (χ3v) is 4.06. The zero-order chi connectivity index (χ0) is 20.0. The van der Waals surface area contributed by atoms with Gasteiger partial charge in [0, 0.05) is 11.3 Å². The lowest BCUT2D eigenvalue weighted by molar-refractivity contribution is -0.137. The van der Waals surface area contributed by atoms with E-state index in [4.69, 9.17) is 9.47 Å². The molecule has 0 radical (unpaired) electrons. The normalized spacial score (nSPS) is 11.2. The van der Waals surface area contributed by atoms with E-state index in [-0.39, 0.29) is 11.3 Å². The SMILES string of the molecule is CCCOc1c(Br)cc(C(=O)Nc2cccc(C(F)(F)F)c2)cc1OCC. The quantitative estimate of drug-likeness (QED) is 0.576. The lowest BCUT2D eigenvalue weighted by Gasteiger charge is -2.15. The highest BCUT2D eigenvalue weighted by molar-refractivity contribution is 9.10. The molecular formula is C19H19BrF3NO3. The first kappa shape index (κ1) is 21.1. The van der Waals surface area contributed by atoms with Crippen LogP contribution in [0.3, 0.4) is 0 Å². The maximum atomic E-state index is 12.8. The molecule has 0 bridgehead atoms. The van der Waals surface area contributed by atoms with Crippen molar-refractivity contribution < 1.29 is 27.4 Å². The van der Waals surface area contributed by atoms with Crippen LogP contribution in [0.25, 0.3) is 0 Å². The largest absolute Gasteiger partial charge is 0.490 e. The van der Waals surface area contributed by atoms with Crippen LogP contribution in [0.15, 0.2) is 40.9 Å². The number of ether oxygens (including phenoxy) is 2. The van der Waals surface area contributed by atoms with Crippen molar-refractivity contribution in [3.05, 3.63) is 52.0 Å². The Labute approximate surface area is 163 Å². The van der Waals surface area contributed by atoms with Gasteiger partial charge in [0.05, 0.1) is 23.2 Å². The molecular weight excluding hydrogens is 427 g/mol. The van der Waals surface area contributed by atoms with Crippen LogP contribution in [0.4, 0.5) is 18.9 Å². The van der Waals surface area contributed by atoms with Crippen LogP contribution in [0.1, 0.15) is 36.2 Å². The van der Waals surface area contributed by atoms with Crippen LogP contribution in [0.2, 0.25) is 0 Å². The first-order chi connectivity index (χ1) is 12.8. The molecule has 146 valence electrons. The Balaban J connectivity index is 2.28. The number of benzene rings is 2. The minimum Gasteiger partial charge on any atom is -0.490 e. The molecule has 0 saturated heterocycles. The van der Waals surface area contributed by atoms with Crippen LogP contribution >= 0.6 is 15.9 Å². The summed E-state index contributed by atoms with van der Waals surface area (Å²) in [6.45, 7) is 4.61. The second-order valence-corrected chi connectivity index (χ2v) is 6.45. The average Bonchev–Trinajstić information content (AvgIpc) is 2.60. The molecule has 4 nitrogen and oxygen atoms in total. The highest BCUT2D eigenvalue weighted by Gasteiger charge is 2.30. The molecule has 0 aliphatic heterocycles. The lowest BCUT2D eigenvalue weighted by atomic mass is 10.1. The number of halogens is 4. The van der Waals surface area contributed by atoms with Crippen molar-refractivity contribution in [3.63, 3.8) is 0 Å². The van der Waals surface area contributed by atoms with Crippen molar-refractivity contribution >= 4 is 27.5 Å². The molecule has 0 spiro atoms. The predicted molar refractivity (Wildman–Crippen MR) is 100 cm³/mol. The van der Waals surface area contributed by atoms with Gasteiger partial charge in [0.25, 0.3) is 5.91 Å². The summed E-state index contributed by atoms with van der Waals surface area (Å²) in [4.78, 5) is 12.5. The van der Waals surface area contributed by atoms with Crippen LogP contribution in [0, 0.1) is 0 Å². The van der Waals surface area contributed by atoms with E-state index in [0.29, 0.717) is 29.2 Å². The van der Waals surface area contributed by atoms with Gasteiger partial charge in [0.2, 0.25) is 0 Å². The number of anilines is 1. The first-order valence-electron chi connectivity index (χ1n) is 8.34. The third kappa shape index (κ3) is 5.63. The molecule has 0 aromatic heterocycles. The molecule has 0 saturated carbocycles. The summed E-state index contributed by atoms with van der Waals surface area (Å²) in [5.41, 5.74) is -0.554. The predicted octanol–water partition coefficient (Wildman–Crippen LogP) is 5.91. The highest BCUT2D eigenvalue weighted by Crippen LogP contribution is 2.37. The molecule has 0 aliphatic carbocycles. The molecule has 1 N–H and O–H groups in total. The van der Waals surface area contributed by atoms with Gasteiger partial charge in [-0.1, -0.05) is 13.0 Å². The van der Waals surface area contributed by atoms with E-state index in [2.05, 4.69) is 21.2 Å². The Morgan fingerprint density at radius 1 is 1.15 bits per heavy atom. The van der Waals surface area contributed by atoms with Gasteiger partial charge in [-0.25, -0.2) is 0 Å². The molecule has 0 heterocycles. The molecule has 0 aliphatic rings. The number of carbonyl (C=O) groups is 1. The number of carbonyl (C=O) groups excluding carboxylic acids is 1.